The minimum Gasteiger partial charge on any atom is -0.381 e. The Labute approximate surface area is 178 Å². The molecule has 2 aliphatic heterocycles. The molecule has 4 rings (SSSR count). The number of nitrogens with zero attached hydrogens (tertiary/aromatic N) is 1. The van der Waals surface area contributed by atoms with Gasteiger partial charge in [-0.15, -0.1) is 0 Å². The maximum absolute atomic E-state index is 14.3. The van der Waals surface area contributed by atoms with Crippen LogP contribution in [0, 0.1) is 11.2 Å². The average Bonchev–Trinajstić information content (AvgIpc) is 2.76. The van der Waals surface area contributed by atoms with E-state index in [0.717, 1.165) is 49.9 Å². The fourth-order valence-electron chi connectivity index (χ4n) is 4.67. The zero-order chi connectivity index (χ0) is 21.0. The van der Waals surface area contributed by atoms with Gasteiger partial charge in [0.1, 0.15) is 5.82 Å². The van der Waals surface area contributed by atoms with Crippen LogP contribution in [0.4, 0.5) is 4.39 Å². The van der Waals surface area contributed by atoms with Gasteiger partial charge in [0.05, 0.1) is 5.41 Å². The predicted octanol–water partition coefficient (Wildman–Crippen LogP) is 4.04. The summed E-state index contributed by atoms with van der Waals surface area (Å²) in [6.07, 6.45) is 4.08. The lowest BCUT2D eigenvalue weighted by Gasteiger charge is -2.38. The van der Waals surface area contributed by atoms with Crippen LogP contribution in [0.2, 0.25) is 0 Å². The van der Waals surface area contributed by atoms with Crippen molar-refractivity contribution in [2.24, 2.45) is 5.41 Å². The number of nitrogens with one attached hydrogen (secondary N) is 1. The summed E-state index contributed by atoms with van der Waals surface area (Å²) >= 11 is 0. The van der Waals surface area contributed by atoms with Crippen LogP contribution in [0.15, 0.2) is 48.5 Å². The number of rotatable bonds is 5. The van der Waals surface area contributed by atoms with E-state index in [-0.39, 0.29) is 17.8 Å². The van der Waals surface area contributed by atoms with Gasteiger partial charge in [-0.25, -0.2) is 4.39 Å². The number of hydrogen-bond acceptors (Lipinski definition) is 3. The molecule has 30 heavy (non-hydrogen) atoms. The highest BCUT2D eigenvalue weighted by Gasteiger charge is 2.41. The van der Waals surface area contributed by atoms with E-state index in [0.29, 0.717) is 25.2 Å². The second kappa shape index (κ2) is 9.27. The van der Waals surface area contributed by atoms with Crippen molar-refractivity contribution in [3.8, 4) is 11.1 Å². The topological polar surface area (TPSA) is 41.6 Å². The maximum atomic E-state index is 14.3. The van der Waals surface area contributed by atoms with E-state index in [1.807, 2.05) is 30.3 Å². The summed E-state index contributed by atoms with van der Waals surface area (Å²) in [6.45, 7) is 3.25. The second-order valence-electron chi connectivity index (χ2n) is 8.80. The van der Waals surface area contributed by atoms with Crippen LogP contribution >= 0.6 is 0 Å². The normalized spacial score (nSPS) is 20.1. The Balaban J connectivity index is 1.54. The zero-order valence-corrected chi connectivity index (χ0v) is 17.7. The van der Waals surface area contributed by atoms with Gasteiger partial charge in [0.15, 0.2) is 0 Å². The van der Waals surface area contributed by atoms with Crippen LogP contribution < -0.4 is 5.32 Å². The highest BCUT2D eigenvalue weighted by molar-refractivity contribution is 5.83. The number of halogens is 1. The molecule has 1 amide bonds. The molecule has 2 aromatic rings. The van der Waals surface area contributed by atoms with Gasteiger partial charge in [0.2, 0.25) is 5.91 Å². The minimum absolute atomic E-state index is 0.150. The van der Waals surface area contributed by atoms with E-state index >= 15 is 0 Å². The fourth-order valence-corrected chi connectivity index (χ4v) is 4.67. The van der Waals surface area contributed by atoms with Crippen molar-refractivity contribution in [1.82, 2.24) is 10.2 Å². The molecule has 2 aliphatic rings. The monoisotopic (exact) mass is 410 g/mol. The third-order valence-electron chi connectivity index (χ3n) is 6.64. The highest BCUT2D eigenvalue weighted by Crippen LogP contribution is 2.36. The molecule has 0 unspecified atom stereocenters. The predicted molar refractivity (Wildman–Crippen MR) is 117 cm³/mol. The molecule has 4 nitrogen and oxygen atoms in total. The molecule has 0 aliphatic carbocycles. The smallest absolute Gasteiger partial charge is 0.226 e. The summed E-state index contributed by atoms with van der Waals surface area (Å²) in [7, 11) is 2.13. The fraction of sp³-hybridized carbons (Fsp3) is 0.480. The van der Waals surface area contributed by atoms with E-state index in [9.17, 15) is 9.18 Å². The first-order chi connectivity index (χ1) is 14.6. The second-order valence-corrected chi connectivity index (χ2v) is 8.80. The summed E-state index contributed by atoms with van der Waals surface area (Å²) < 4.78 is 19.9. The van der Waals surface area contributed by atoms with E-state index in [4.69, 9.17) is 4.74 Å². The summed E-state index contributed by atoms with van der Waals surface area (Å²) in [4.78, 5) is 15.7. The van der Waals surface area contributed by atoms with E-state index in [2.05, 4.69) is 17.3 Å². The van der Waals surface area contributed by atoms with Gasteiger partial charge >= 0.3 is 0 Å². The molecule has 0 bridgehead atoms. The van der Waals surface area contributed by atoms with Gasteiger partial charge in [0, 0.05) is 24.8 Å². The summed E-state index contributed by atoms with van der Waals surface area (Å²) in [6, 6.07) is 15.0. The molecule has 0 spiro atoms. The number of hydrogen-bond donors (Lipinski definition) is 1. The molecule has 1 N–H and O–H groups in total. The summed E-state index contributed by atoms with van der Waals surface area (Å²) in [5, 5.41) is 3.34. The van der Waals surface area contributed by atoms with Gasteiger partial charge in [-0.3, -0.25) is 4.79 Å². The van der Waals surface area contributed by atoms with E-state index in [1.165, 1.54) is 6.07 Å². The molecule has 160 valence electrons. The number of ether oxygens (including phenoxy) is 1. The maximum Gasteiger partial charge on any atom is 0.226 e. The van der Waals surface area contributed by atoms with Gasteiger partial charge < -0.3 is 15.0 Å². The van der Waals surface area contributed by atoms with Crippen LogP contribution in [0.5, 0.6) is 0 Å². The van der Waals surface area contributed by atoms with Crippen molar-refractivity contribution in [3.63, 3.8) is 0 Å². The third kappa shape index (κ3) is 4.73. The molecule has 2 fully saturated rings. The molecule has 2 aromatic carbocycles. The first kappa shape index (κ1) is 21.0. The van der Waals surface area contributed by atoms with Gasteiger partial charge in [0.25, 0.3) is 0 Å². The molecule has 2 heterocycles. The minimum atomic E-state index is -0.463. The number of benzene rings is 2. The largest absolute Gasteiger partial charge is 0.381 e. The molecular formula is C25H31FN2O2. The van der Waals surface area contributed by atoms with Crippen molar-refractivity contribution >= 4 is 5.91 Å². The molecule has 0 aromatic heterocycles. The number of carbonyl (C=O) groups excluding carboxylic acids is 1. The van der Waals surface area contributed by atoms with Crippen LogP contribution in [0.25, 0.3) is 11.1 Å². The lowest BCUT2D eigenvalue weighted by atomic mass is 9.74. The van der Waals surface area contributed by atoms with Crippen LogP contribution in [0.3, 0.4) is 0 Å². The van der Waals surface area contributed by atoms with Crippen LogP contribution in [-0.2, 0) is 16.0 Å². The lowest BCUT2D eigenvalue weighted by Crippen LogP contribution is -2.51. The molecule has 5 heteroatoms. The average molecular weight is 411 g/mol. The van der Waals surface area contributed by atoms with E-state index < -0.39 is 5.41 Å². The first-order valence-electron chi connectivity index (χ1n) is 11.0. The Bertz CT molecular complexity index is 871. The standard InChI is InChI=1S/C25H31FN2O2/c1-28-13-9-21(10-14-28)27-24(29)25(11-15-30-16-12-25)18-19-5-4-6-20(17-19)22-7-2-3-8-23(22)26/h2-8,17,21H,9-16,18H2,1H3,(H,27,29). The number of likely N-dealkylation sites (tertiary alicyclic amines) is 1. The van der Waals surface area contributed by atoms with Gasteiger partial charge in [-0.05, 0) is 69.4 Å². The highest BCUT2D eigenvalue weighted by atomic mass is 19.1. The van der Waals surface area contributed by atoms with E-state index in [1.54, 1.807) is 12.1 Å². The number of piperidine rings is 1. The molecule has 0 atom stereocenters. The SMILES string of the molecule is CN1CCC(NC(=O)C2(Cc3cccc(-c4ccccc4F)c3)CCOCC2)CC1. The van der Waals surface area contributed by atoms with Crippen molar-refractivity contribution in [2.45, 2.75) is 38.1 Å². The first-order valence-corrected chi connectivity index (χ1v) is 11.0. The quantitative estimate of drug-likeness (QED) is 0.809. The van der Waals surface area contributed by atoms with Crippen LogP contribution in [-0.4, -0.2) is 50.2 Å². The van der Waals surface area contributed by atoms with Gasteiger partial charge in [-0.1, -0.05) is 42.5 Å². The Kier molecular flexibility index (Phi) is 6.49. The Morgan fingerprint density at radius 2 is 1.87 bits per heavy atom. The van der Waals surface area contributed by atoms with Crippen LogP contribution in [0.1, 0.15) is 31.2 Å². The summed E-state index contributed by atoms with van der Waals surface area (Å²) in [5.74, 6) is -0.0768. The van der Waals surface area contributed by atoms with Gasteiger partial charge in [-0.2, -0.15) is 0 Å². The lowest BCUT2D eigenvalue weighted by molar-refractivity contribution is -0.137. The Morgan fingerprint density at radius 3 is 2.60 bits per heavy atom. The Morgan fingerprint density at radius 1 is 1.13 bits per heavy atom. The molecule has 2 saturated heterocycles. The molecular weight excluding hydrogens is 379 g/mol. The number of amides is 1. The molecule has 0 radical (unpaired) electrons. The Hall–Kier alpha value is -2.24. The third-order valence-corrected chi connectivity index (χ3v) is 6.64. The summed E-state index contributed by atoms with van der Waals surface area (Å²) in [5.41, 5.74) is 2.05. The van der Waals surface area contributed by atoms with Crippen molar-refractivity contribution in [2.75, 3.05) is 33.4 Å². The zero-order valence-electron chi connectivity index (χ0n) is 17.7. The number of carbonyl (C=O) groups is 1. The van der Waals surface area contributed by atoms with Crippen molar-refractivity contribution in [1.29, 1.82) is 0 Å². The van der Waals surface area contributed by atoms with Crippen molar-refractivity contribution in [3.05, 3.63) is 59.9 Å². The molecule has 0 saturated carbocycles. The van der Waals surface area contributed by atoms with Crippen molar-refractivity contribution < 1.29 is 13.9 Å².